The number of amides is 1. The van der Waals surface area contributed by atoms with Crippen LogP contribution in [0.5, 0.6) is 0 Å². The van der Waals surface area contributed by atoms with Crippen molar-refractivity contribution in [3.8, 4) is 0 Å². The topological polar surface area (TPSA) is 55.1 Å². The fourth-order valence-corrected chi connectivity index (χ4v) is 1.87. The van der Waals surface area contributed by atoms with Crippen LogP contribution >= 0.6 is 11.8 Å². The highest BCUT2D eigenvalue weighted by Crippen LogP contribution is 2.09. The summed E-state index contributed by atoms with van der Waals surface area (Å²) >= 11 is 1.77. The fraction of sp³-hybridized carbons (Fsp3) is 0.667. The van der Waals surface area contributed by atoms with Crippen LogP contribution in [0.3, 0.4) is 0 Å². The Balaban J connectivity index is 2.38. The molecule has 1 rings (SSSR count). The highest BCUT2D eigenvalue weighted by molar-refractivity contribution is 7.98. The molecule has 1 amide bonds. The molecule has 17 heavy (non-hydrogen) atoms. The number of aromatic nitrogens is 1. The highest BCUT2D eigenvalue weighted by atomic mass is 32.2. The molecule has 0 bridgehead atoms. The van der Waals surface area contributed by atoms with E-state index in [-0.39, 0.29) is 5.91 Å². The highest BCUT2D eigenvalue weighted by Gasteiger charge is 2.12. The van der Waals surface area contributed by atoms with Crippen molar-refractivity contribution >= 4 is 17.7 Å². The van der Waals surface area contributed by atoms with Gasteiger partial charge in [-0.05, 0) is 30.8 Å². The van der Waals surface area contributed by atoms with Gasteiger partial charge in [-0.15, -0.1) is 0 Å². The number of rotatable bonds is 7. The van der Waals surface area contributed by atoms with Crippen molar-refractivity contribution in [1.29, 1.82) is 0 Å². The molecule has 0 aliphatic heterocycles. The van der Waals surface area contributed by atoms with Gasteiger partial charge < -0.3 is 9.84 Å². The Labute approximate surface area is 107 Å². The fourth-order valence-electron chi connectivity index (χ4n) is 1.44. The molecule has 0 fully saturated rings. The molecular weight excluding hydrogens is 236 g/mol. The summed E-state index contributed by atoms with van der Waals surface area (Å²) in [4.78, 5) is 11.7. The lowest BCUT2D eigenvalue weighted by Gasteiger charge is -2.00. The average molecular weight is 256 g/mol. The molecule has 0 aromatic carbocycles. The standard InChI is InChI=1S/C12H20N2O2S/c1-9(2)7-10-8-11(16-14-10)12(15)13-5-4-6-17-3/h8-9H,4-7H2,1-3H3,(H,13,15). The number of carbonyl (C=O) groups is 1. The van der Waals surface area contributed by atoms with E-state index in [2.05, 4.69) is 30.6 Å². The minimum Gasteiger partial charge on any atom is -0.351 e. The number of nitrogens with one attached hydrogen (secondary N) is 1. The van der Waals surface area contributed by atoms with Crippen LogP contribution in [0, 0.1) is 5.92 Å². The summed E-state index contributed by atoms with van der Waals surface area (Å²) in [6, 6.07) is 1.73. The Bertz CT molecular complexity index is 350. The Kier molecular flexibility index (Phi) is 6.11. The van der Waals surface area contributed by atoms with Crippen LogP contribution in [-0.4, -0.2) is 29.6 Å². The molecule has 1 heterocycles. The van der Waals surface area contributed by atoms with Crippen LogP contribution in [-0.2, 0) is 6.42 Å². The Morgan fingerprint density at radius 2 is 2.35 bits per heavy atom. The SMILES string of the molecule is CSCCCNC(=O)c1cc(CC(C)C)no1. The minimum absolute atomic E-state index is 0.173. The second-order valence-corrected chi connectivity index (χ2v) is 5.37. The van der Waals surface area contributed by atoms with Gasteiger partial charge in [0, 0.05) is 12.6 Å². The summed E-state index contributed by atoms with van der Waals surface area (Å²) in [5.41, 5.74) is 0.842. The lowest BCUT2D eigenvalue weighted by molar-refractivity contribution is 0.0917. The molecule has 1 N–H and O–H groups in total. The molecule has 0 saturated carbocycles. The quantitative estimate of drug-likeness (QED) is 0.761. The molecule has 0 aliphatic carbocycles. The molecule has 96 valence electrons. The molecule has 0 aliphatic rings. The predicted octanol–water partition coefficient (Wildman–Crippen LogP) is 2.36. The molecule has 0 spiro atoms. The van der Waals surface area contributed by atoms with E-state index < -0.39 is 0 Å². The van der Waals surface area contributed by atoms with Crippen molar-refractivity contribution in [2.75, 3.05) is 18.6 Å². The second-order valence-electron chi connectivity index (χ2n) is 4.38. The van der Waals surface area contributed by atoms with Crippen LogP contribution in [0.15, 0.2) is 10.6 Å². The van der Waals surface area contributed by atoms with E-state index in [1.54, 1.807) is 17.8 Å². The van der Waals surface area contributed by atoms with Crippen molar-refractivity contribution in [3.63, 3.8) is 0 Å². The van der Waals surface area contributed by atoms with Crippen molar-refractivity contribution in [1.82, 2.24) is 10.5 Å². The van der Waals surface area contributed by atoms with Crippen LogP contribution in [0.2, 0.25) is 0 Å². The number of hydrogen-bond donors (Lipinski definition) is 1. The third-order valence-corrected chi connectivity index (χ3v) is 2.91. The lowest BCUT2D eigenvalue weighted by Crippen LogP contribution is -2.24. The molecule has 0 atom stereocenters. The predicted molar refractivity (Wildman–Crippen MR) is 70.4 cm³/mol. The average Bonchev–Trinajstić information content (AvgIpc) is 2.71. The van der Waals surface area contributed by atoms with E-state index >= 15 is 0 Å². The first-order chi connectivity index (χ1) is 8.13. The van der Waals surface area contributed by atoms with Gasteiger partial charge in [0.1, 0.15) is 0 Å². The largest absolute Gasteiger partial charge is 0.351 e. The molecule has 0 unspecified atom stereocenters. The summed E-state index contributed by atoms with van der Waals surface area (Å²) in [5, 5.41) is 6.70. The number of nitrogens with zero attached hydrogens (tertiary/aromatic N) is 1. The third-order valence-electron chi connectivity index (χ3n) is 2.21. The van der Waals surface area contributed by atoms with Gasteiger partial charge in [0.2, 0.25) is 5.76 Å². The van der Waals surface area contributed by atoms with E-state index in [1.807, 2.05) is 0 Å². The van der Waals surface area contributed by atoms with E-state index in [0.29, 0.717) is 18.2 Å². The van der Waals surface area contributed by atoms with Gasteiger partial charge in [-0.1, -0.05) is 19.0 Å². The lowest BCUT2D eigenvalue weighted by atomic mass is 10.1. The van der Waals surface area contributed by atoms with Gasteiger partial charge >= 0.3 is 0 Å². The zero-order chi connectivity index (χ0) is 12.7. The number of carbonyl (C=O) groups excluding carboxylic acids is 1. The first-order valence-electron chi connectivity index (χ1n) is 5.86. The van der Waals surface area contributed by atoms with Crippen LogP contribution in [0.4, 0.5) is 0 Å². The van der Waals surface area contributed by atoms with Gasteiger partial charge in [-0.3, -0.25) is 4.79 Å². The minimum atomic E-state index is -0.173. The summed E-state index contributed by atoms with van der Waals surface area (Å²) < 4.78 is 5.02. The van der Waals surface area contributed by atoms with Crippen LogP contribution < -0.4 is 5.32 Å². The van der Waals surface area contributed by atoms with Gasteiger partial charge in [0.15, 0.2) is 0 Å². The summed E-state index contributed by atoms with van der Waals surface area (Å²) in [7, 11) is 0. The van der Waals surface area contributed by atoms with Crippen LogP contribution in [0.25, 0.3) is 0 Å². The molecule has 5 heteroatoms. The first-order valence-corrected chi connectivity index (χ1v) is 7.25. The van der Waals surface area contributed by atoms with Gasteiger partial charge in [0.05, 0.1) is 5.69 Å². The normalized spacial score (nSPS) is 10.8. The van der Waals surface area contributed by atoms with Crippen molar-refractivity contribution < 1.29 is 9.32 Å². The zero-order valence-corrected chi connectivity index (χ0v) is 11.5. The Morgan fingerprint density at radius 3 is 3.00 bits per heavy atom. The molecule has 0 radical (unpaired) electrons. The molecule has 4 nitrogen and oxygen atoms in total. The molecule has 1 aromatic heterocycles. The third kappa shape index (κ3) is 5.26. The summed E-state index contributed by atoms with van der Waals surface area (Å²) in [6.07, 6.45) is 3.86. The summed E-state index contributed by atoms with van der Waals surface area (Å²) in [6.45, 7) is 4.90. The first kappa shape index (κ1) is 14.1. The maximum absolute atomic E-state index is 11.7. The van der Waals surface area contributed by atoms with Crippen molar-refractivity contribution in [2.45, 2.75) is 26.7 Å². The smallest absolute Gasteiger partial charge is 0.289 e. The monoisotopic (exact) mass is 256 g/mol. The molecule has 1 aromatic rings. The Morgan fingerprint density at radius 1 is 1.59 bits per heavy atom. The van der Waals surface area contributed by atoms with E-state index in [9.17, 15) is 4.79 Å². The van der Waals surface area contributed by atoms with Gasteiger partial charge in [0.25, 0.3) is 5.91 Å². The number of thioether (sulfide) groups is 1. The number of hydrogen-bond acceptors (Lipinski definition) is 4. The maximum Gasteiger partial charge on any atom is 0.289 e. The molecular formula is C12H20N2O2S. The van der Waals surface area contributed by atoms with Crippen molar-refractivity contribution in [3.05, 3.63) is 17.5 Å². The van der Waals surface area contributed by atoms with Gasteiger partial charge in [-0.25, -0.2) is 0 Å². The van der Waals surface area contributed by atoms with Crippen molar-refractivity contribution in [2.24, 2.45) is 5.92 Å². The van der Waals surface area contributed by atoms with Crippen LogP contribution in [0.1, 0.15) is 36.5 Å². The summed E-state index contributed by atoms with van der Waals surface area (Å²) in [5.74, 6) is 1.70. The second kappa shape index (κ2) is 7.37. The van der Waals surface area contributed by atoms with Gasteiger partial charge in [-0.2, -0.15) is 11.8 Å². The molecule has 0 saturated heterocycles. The Hall–Kier alpha value is -0.970. The van der Waals surface area contributed by atoms with E-state index in [1.165, 1.54) is 0 Å². The maximum atomic E-state index is 11.7. The van der Waals surface area contributed by atoms with E-state index in [4.69, 9.17) is 4.52 Å². The van der Waals surface area contributed by atoms with E-state index in [0.717, 1.165) is 24.3 Å². The zero-order valence-electron chi connectivity index (χ0n) is 10.7.